The van der Waals surface area contributed by atoms with Crippen molar-refractivity contribution in [3.8, 4) is 0 Å². The average molecular weight is 404 g/mol. The van der Waals surface area contributed by atoms with Gasteiger partial charge in [-0.2, -0.15) is 0 Å². The van der Waals surface area contributed by atoms with E-state index in [1.807, 2.05) is 49.3 Å². The highest BCUT2D eigenvalue weighted by atomic mass is 16.6. The molecule has 0 unspecified atom stereocenters. The van der Waals surface area contributed by atoms with Gasteiger partial charge in [0.25, 0.3) is 0 Å². The molecule has 7 heteroatoms. The van der Waals surface area contributed by atoms with Crippen molar-refractivity contribution in [2.24, 2.45) is 0 Å². The van der Waals surface area contributed by atoms with E-state index in [0.29, 0.717) is 29.0 Å². The van der Waals surface area contributed by atoms with Crippen LogP contribution in [0.2, 0.25) is 0 Å². The van der Waals surface area contributed by atoms with Gasteiger partial charge in [0.1, 0.15) is 11.9 Å². The fraction of sp³-hybridized carbons (Fsp3) is 0.217. The van der Waals surface area contributed by atoms with E-state index >= 15 is 0 Å². The predicted molar refractivity (Wildman–Crippen MR) is 117 cm³/mol. The monoisotopic (exact) mass is 404 g/mol. The number of nitrogens with zero attached hydrogens (tertiary/aromatic N) is 4. The van der Waals surface area contributed by atoms with Gasteiger partial charge in [-0.15, -0.1) is 0 Å². The lowest BCUT2D eigenvalue weighted by atomic mass is 10.0. The summed E-state index contributed by atoms with van der Waals surface area (Å²) in [6, 6.07) is 17.9. The Morgan fingerprint density at radius 1 is 0.967 bits per heavy atom. The third-order valence-corrected chi connectivity index (χ3v) is 4.73. The van der Waals surface area contributed by atoms with Crippen LogP contribution in [0.25, 0.3) is 0 Å². The van der Waals surface area contributed by atoms with Gasteiger partial charge >= 0.3 is 5.69 Å². The summed E-state index contributed by atoms with van der Waals surface area (Å²) in [7, 11) is 3.96. The summed E-state index contributed by atoms with van der Waals surface area (Å²) >= 11 is 0. The first kappa shape index (κ1) is 21.1. The van der Waals surface area contributed by atoms with Crippen LogP contribution in [0.4, 0.5) is 17.1 Å². The topological polar surface area (TPSA) is 79.6 Å². The molecule has 0 N–H and O–H groups in total. The third-order valence-electron chi connectivity index (χ3n) is 4.73. The summed E-state index contributed by atoms with van der Waals surface area (Å²) in [6.07, 6.45) is 3.54. The van der Waals surface area contributed by atoms with Crippen molar-refractivity contribution in [2.45, 2.75) is 6.42 Å². The number of pyridine rings is 1. The Bertz CT molecular complexity index is 1020. The molecular weight excluding hydrogens is 380 g/mol. The molecule has 0 aliphatic carbocycles. The second-order valence-electron chi connectivity index (χ2n) is 7.14. The van der Waals surface area contributed by atoms with Crippen LogP contribution in [0.1, 0.15) is 22.3 Å². The van der Waals surface area contributed by atoms with Crippen LogP contribution in [0.15, 0.2) is 73.1 Å². The quantitative estimate of drug-likeness (QED) is 0.300. The Morgan fingerprint density at radius 3 is 2.37 bits per heavy atom. The van der Waals surface area contributed by atoms with Crippen molar-refractivity contribution >= 4 is 22.8 Å². The van der Waals surface area contributed by atoms with Crippen LogP contribution in [-0.2, 0) is 0 Å². The number of carbonyl (C=O) groups excluding carboxylic acids is 1. The second-order valence-corrected chi connectivity index (χ2v) is 7.14. The Kier molecular flexibility index (Phi) is 6.87. The van der Waals surface area contributed by atoms with E-state index in [1.54, 1.807) is 30.3 Å². The van der Waals surface area contributed by atoms with Crippen molar-refractivity contribution in [1.82, 2.24) is 9.88 Å². The van der Waals surface area contributed by atoms with Crippen LogP contribution in [-0.4, -0.2) is 47.8 Å². The number of para-hydroxylation sites is 1. The Hall–Kier alpha value is -3.58. The van der Waals surface area contributed by atoms with Crippen molar-refractivity contribution < 1.29 is 9.72 Å². The Morgan fingerprint density at radius 2 is 1.67 bits per heavy atom. The number of carbonyl (C=O) groups is 1. The van der Waals surface area contributed by atoms with E-state index in [-0.39, 0.29) is 11.5 Å². The van der Waals surface area contributed by atoms with E-state index in [9.17, 15) is 14.9 Å². The lowest BCUT2D eigenvalue weighted by Crippen LogP contribution is -2.25. The van der Waals surface area contributed by atoms with E-state index in [2.05, 4.69) is 9.88 Å². The number of aromatic nitrogens is 1. The van der Waals surface area contributed by atoms with Crippen LogP contribution in [0.3, 0.4) is 0 Å². The second kappa shape index (κ2) is 9.76. The van der Waals surface area contributed by atoms with E-state index in [0.717, 1.165) is 13.0 Å². The number of benzene rings is 2. The van der Waals surface area contributed by atoms with Crippen molar-refractivity contribution in [3.63, 3.8) is 0 Å². The fourth-order valence-corrected chi connectivity index (χ4v) is 3.31. The number of rotatable bonds is 9. The molecule has 3 aromatic rings. The normalized spacial score (nSPS) is 10.8. The standard InChI is InChI=1S/C23H24N4O3/c1-25(2)15-8-16-26(21-13-14-24-17-22(21)27(29)30)20-12-7-6-11-19(20)23(28)18-9-4-3-5-10-18/h3-7,9-14,17H,8,15-16H2,1-2H3. The summed E-state index contributed by atoms with van der Waals surface area (Å²) in [4.78, 5) is 32.2. The summed E-state index contributed by atoms with van der Waals surface area (Å²) in [5, 5.41) is 11.6. The zero-order valence-electron chi connectivity index (χ0n) is 17.1. The van der Waals surface area contributed by atoms with Gasteiger partial charge in [-0.25, -0.2) is 0 Å². The molecule has 0 amide bonds. The van der Waals surface area contributed by atoms with Crippen molar-refractivity contribution in [2.75, 3.05) is 32.1 Å². The van der Waals surface area contributed by atoms with Crippen molar-refractivity contribution in [3.05, 3.63) is 94.3 Å². The largest absolute Gasteiger partial charge is 0.335 e. The molecule has 1 heterocycles. The highest BCUT2D eigenvalue weighted by molar-refractivity contribution is 6.12. The van der Waals surface area contributed by atoms with Gasteiger partial charge in [0.15, 0.2) is 5.78 Å². The molecule has 7 nitrogen and oxygen atoms in total. The SMILES string of the molecule is CN(C)CCCN(c1ccccc1C(=O)c1ccccc1)c1ccncc1[N+](=O)[O-]. The minimum atomic E-state index is -0.442. The van der Waals surface area contributed by atoms with Gasteiger partial charge in [-0.3, -0.25) is 19.9 Å². The summed E-state index contributed by atoms with van der Waals surface area (Å²) in [5.74, 6) is -0.125. The van der Waals surface area contributed by atoms with E-state index in [1.165, 1.54) is 12.4 Å². The molecule has 0 fully saturated rings. The Balaban J connectivity index is 2.09. The first-order valence-corrected chi connectivity index (χ1v) is 9.68. The fourth-order valence-electron chi connectivity index (χ4n) is 3.31. The maximum absolute atomic E-state index is 13.2. The molecule has 0 saturated carbocycles. The van der Waals surface area contributed by atoms with Crippen LogP contribution < -0.4 is 4.90 Å². The van der Waals surface area contributed by atoms with Gasteiger partial charge in [0.2, 0.25) is 0 Å². The number of hydrogen-bond donors (Lipinski definition) is 0. The molecule has 154 valence electrons. The maximum Gasteiger partial charge on any atom is 0.310 e. The Labute approximate surface area is 175 Å². The molecule has 0 radical (unpaired) electrons. The van der Waals surface area contributed by atoms with Crippen molar-refractivity contribution in [1.29, 1.82) is 0 Å². The minimum Gasteiger partial charge on any atom is -0.335 e. The molecule has 0 aliphatic heterocycles. The molecular formula is C23H24N4O3. The van der Waals surface area contributed by atoms with E-state index in [4.69, 9.17) is 0 Å². The third kappa shape index (κ3) is 4.87. The van der Waals surface area contributed by atoms with Gasteiger partial charge in [0.05, 0.1) is 10.6 Å². The highest BCUT2D eigenvalue weighted by Gasteiger charge is 2.24. The van der Waals surface area contributed by atoms with Crippen LogP contribution >= 0.6 is 0 Å². The van der Waals surface area contributed by atoms with Gasteiger partial charge < -0.3 is 9.80 Å². The maximum atomic E-state index is 13.2. The first-order valence-electron chi connectivity index (χ1n) is 9.68. The molecule has 0 atom stereocenters. The molecule has 30 heavy (non-hydrogen) atoms. The first-order chi connectivity index (χ1) is 14.5. The zero-order chi connectivity index (χ0) is 21.5. The molecule has 0 saturated heterocycles. The molecule has 0 aliphatic rings. The number of ketones is 1. The summed E-state index contributed by atoms with van der Waals surface area (Å²) in [5.41, 5.74) is 2.04. The van der Waals surface area contributed by atoms with E-state index < -0.39 is 4.92 Å². The van der Waals surface area contributed by atoms with Crippen LogP contribution in [0.5, 0.6) is 0 Å². The highest BCUT2D eigenvalue weighted by Crippen LogP contribution is 2.35. The van der Waals surface area contributed by atoms with Gasteiger partial charge in [-0.1, -0.05) is 42.5 Å². The number of nitro groups is 1. The number of hydrogen-bond acceptors (Lipinski definition) is 6. The van der Waals surface area contributed by atoms with Gasteiger partial charge in [0, 0.05) is 23.9 Å². The number of anilines is 2. The van der Waals surface area contributed by atoms with Gasteiger partial charge in [-0.05, 0) is 45.3 Å². The summed E-state index contributed by atoms with van der Waals surface area (Å²) in [6.45, 7) is 1.33. The average Bonchev–Trinajstić information content (AvgIpc) is 2.77. The molecule has 0 spiro atoms. The summed E-state index contributed by atoms with van der Waals surface area (Å²) < 4.78 is 0. The predicted octanol–water partition coefficient (Wildman–Crippen LogP) is 4.31. The minimum absolute atomic E-state index is 0.0932. The molecule has 3 rings (SSSR count). The lowest BCUT2D eigenvalue weighted by molar-refractivity contribution is -0.384. The smallest absolute Gasteiger partial charge is 0.310 e. The zero-order valence-corrected chi connectivity index (χ0v) is 17.1. The molecule has 0 bridgehead atoms. The lowest BCUT2D eigenvalue weighted by Gasteiger charge is -2.27. The molecule has 1 aromatic heterocycles. The molecule has 2 aromatic carbocycles. The van der Waals surface area contributed by atoms with Crippen LogP contribution in [0, 0.1) is 10.1 Å².